The van der Waals surface area contributed by atoms with E-state index in [9.17, 15) is 14.4 Å². The number of likely N-dealkylation sites (tertiary alicyclic amines) is 1. The Hall–Kier alpha value is -4.14. The lowest BCUT2D eigenvalue weighted by atomic mass is 9.92. The molecule has 0 saturated carbocycles. The van der Waals surface area contributed by atoms with Crippen molar-refractivity contribution in [3.63, 3.8) is 0 Å². The number of aliphatic hydroxyl groups is 1. The summed E-state index contributed by atoms with van der Waals surface area (Å²) in [6.45, 7) is 1.03. The van der Waals surface area contributed by atoms with Gasteiger partial charge in [-0.3, -0.25) is 4.79 Å². The number of ether oxygens (including phenoxy) is 2. The first-order chi connectivity index (χ1) is 19.0. The SMILES string of the molecule is N#Cc1cc(-c2ncnc(Nc3ccc(C4CCOCC4)cc3)n2)ccc1O[C@H]1CCN(C(=O)CO)C[C@H]1F. The molecule has 11 heteroatoms. The number of nitrogens with one attached hydrogen (secondary N) is 1. The van der Waals surface area contributed by atoms with E-state index in [-0.39, 0.29) is 30.8 Å². The highest BCUT2D eigenvalue weighted by molar-refractivity contribution is 5.77. The maximum absolute atomic E-state index is 14.7. The van der Waals surface area contributed by atoms with Crippen LogP contribution in [0.2, 0.25) is 0 Å². The highest BCUT2D eigenvalue weighted by Gasteiger charge is 2.33. The molecule has 2 saturated heterocycles. The van der Waals surface area contributed by atoms with Crippen LogP contribution >= 0.6 is 0 Å². The Kier molecular flexibility index (Phi) is 8.24. The number of carbonyl (C=O) groups excluding carboxylic acids is 1. The molecule has 0 radical (unpaired) electrons. The third kappa shape index (κ3) is 6.30. The molecule has 2 atom stereocenters. The minimum absolute atomic E-state index is 0.164. The highest BCUT2D eigenvalue weighted by atomic mass is 19.1. The van der Waals surface area contributed by atoms with E-state index in [1.807, 2.05) is 12.1 Å². The largest absolute Gasteiger partial charge is 0.486 e. The number of benzene rings is 2. The van der Waals surface area contributed by atoms with Crippen molar-refractivity contribution in [2.24, 2.45) is 0 Å². The predicted molar refractivity (Wildman–Crippen MR) is 140 cm³/mol. The molecule has 1 aromatic heterocycles. The molecule has 0 spiro atoms. The lowest BCUT2D eigenvalue weighted by Gasteiger charge is -2.34. The number of nitrogens with zero attached hydrogens (tertiary/aromatic N) is 5. The molecule has 3 heterocycles. The molecule has 2 aromatic carbocycles. The molecule has 2 N–H and O–H groups in total. The van der Waals surface area contributed by atoms with Gasteiger partial charge in [-0.25, -0.2) is 14.4 Å². The second-order valence-corrected chi connectivity index (χ2v) is 9.55. The van der Waals surface area contributed by atoms with Crippen LogP contribution in [0, 0.1) is 11.3 Å². The van der Waals surface area contributed by atoms with Gasteiger partial charge in [-0.05, 0) is 54.7 Å². The Labute approximate surface area is 225 Å². The van der Waals surface area contributed by atoms with Crippen LogP contribution in [0.25, 0.3) is 11.4 Å². The summed E-state index contributed by atoms with van der Waals surface area (Å²) >= 11 is 0. The predicted octanol–water partition coefficient (Wildman–Crippen LogP) is 3.36. The topological polar surface area (TPSA) is 133 Å². The van der Waals surface area contributed by atoms with Crippen molar-refractivity contribution in [3.8, 4) is 23.2 Å². The van der Waals surface area contributed by atoms with E-state index in [1.165, 1.54) is 16.8 Å². The summed E-state index contributed by atoms with van der Waals surface area (Å²) in [5, 5.41) is 21.9. The average molecular weight is 533 g/mol. The summed E-state index contributed by atoms with van der Waals surface area (Å²) in [7, 11) is 0. The quantitative estimate of drug-likeness (QED) is 0.470. The van der Waals surface area contributed by atoms with Crippen molar-refractivity contribution < 1.29 is 23.8 Å². The lowest BCUT2D eigenvalue weighted by Crippen LogP contribution is -2.50. The second-order valence-electron chi connectivity index (χ2n) is 9.55. The third-order valence-electron chi connectivity index (χ3n) is 7.04. The second kappa shape index (κ2) is 12.1. The molecule has 10 nitrogen and oxygen atoms in total. The molecule has 0 bridgehead atoms. The molecule has 0 unspecified atom stereocenters. The number of hydrogen-bond donors (Lipinski definition) is 2. The van der Waals surface area contributed by atoms with Gasteiger partial charge in [0.15, 0.2) is 12.0 Å². The molecule has 5 rings (SSSR count). The number of aliphatic hydroxyl groups excluding tert-OH is 1. The number of nitriles is 1. The molecule has 202 valence electrons. The standard InChI is InChI=1S/C28H29FN6O4/c29-23-15-35(26(37)16-36)10-7-25(23)39-24-6-3-20(13-21(24)14-30)27-31-17-32-28(34-27)33-22-4-1-18(2-5-22)19-8-11-38-12-9-19/h1-6,13,17,19,23,25,36H,7-12,15-16H2,(H,31,32,33,34)/t23-,25+/m1/s1. The number of alkyl halides is 1. The highest BCUT2D eigenvalue weighted by Crippen LogP contribution is 2.30. The van der Waals surface area contributed by atoms with E-state index in [1.54, 1.807) is 18.2 Å². The monoisotopic (exact) mass is 532 g/mol. The zero-order valence-electron chi connectivity index (χ0n) is 21.3. The number of halogens is 1. The zero-order valence-corrected chi connectivity index (χ0v) is 21.3. The van der Waals surface area contributed by atoms with E-state index < -0.39 is 24.8 Å². The summed E-state index contributed by atoms with van der Waals surface area (Å²) in [4.78, 5) is 25.9. The van der Waals surface area contributed by atoms with E-state index in [0.29, 0.717) is 23.3 Å². The molecule has 39 heavy (non-hydrogen) atoms. The van der Waals surface area contributed by atoms with E-state index >= 15 is 0 Å². The van der Waals surface area contributed by atoms with Gasteiger partial charge in [0.1, 0.15) is 30.9 Å². The van der Waals surface area contributed by atoms with Crippen LogP contribution in [-0.4, -0.2) is 76.1 Å². The van der Waals surface area contributed by atoms with Crippen LogP contribution in [0.3, 0.4) is 0 Å². The van der Waals surface area contributed by atoms with Crippen LogP contribution in [0.4, 0.5) is 16.0 Å². The summed E-state index contributed by atoms with van der Waals surface area (Å²) in [5.74, 6) is 0.969. The minimum atomic E-state index is -1.44. The smallest absolute Gasteiger partial charge is 0.248 e. The van der Waals surface area contributed by atoms with E-state index in [2.05, 4.69) is 38.5 Å². The Bertz CT molecular complexity index is 1340. The number of hydrogen-bond acceptors (Lipinski definition) is 9. The van der Waals surface area contributed by atoms with Crippen molar-refractivity contribution in [3.05, 3.63) is 59.9 Å². The Morgan fingerprint density at radius 2 is 1.97 bits per heavy atom. The van der Waals surface area contributed by atoms with Gasteiger partial charge in [-0.2, -0.15) is 10.2 Å². The maximum atomic E-state index is 14.7. The summed E-state index contributed by atoms with van der Waals surface area (Å²) in [6.07, 6.45) is 1.44. The molecule has 2 aliphatic rings. The van der Waals surface area contributed by atoms with Crippen molar-refractivity contribution >= 4 is 17.5 Å². The summed E-state index contributed by atoms with van der Waals surface area (Å²) in [6, 6.07) is 15.2. The Balaban J connectivity index is 1.26. The summed E-state index contributed by atoms with van der Waals surface area (Å²) < 4.78 is 26.0. The normalized spacial score (nSPS) is 19.8. The van der Waals surface area contributed by atoms with Crippen LogP contribution in [0.1, 0.15) is 36.3 Å². The Morgan fingerprint density at radius 1 is 1.18 bits per heavy atom. The maximum Gasteiger partial charge on any atom is 0.248 e. The van der Waals surface area contributed by atoms with Gasteiger partial charge in [-0.1, -0.05) is 12.1 Å². The van der Waals surface area contributed by atoms with Crippen molar-refractivity contribution in [1.29, 1.82) is 5.26 Å². The molecule has 2 aliphatic heterocycles. The number of carbonyl (C=O) groups is 1. The van der Waals surface area contributed by atoms with Gasteiger partial charge in [0.05, 0.1) is 12.1 Å². The first kappa shape index (κ1) is 26.5. The Morgan fingerprint density at radius 3 is 2.69 bits per heavy atom. The van der Waals surface area contributed by atoms with Gasteiger partial charge >= 0.3 is 0 Å². The molecule has 3 aromatic rings. The number of anilines is 2. The number of piperidine rings is 1. The fourth-order valence-electron chi connectivity index (χ4n) is 4.86. The molecule has 1 amide bonds. The number of rotatable bonds is 7. The summed E-state index contributed by atoms with van der Waals surface area (Å²) in [5.41, 5.74) is 2.93. The third-order valence-corrected chi connectivity index (χ3v) is 7.04. The van der Waals surface area contributed by atoms with Gasteiger partial charge in [0.2, 0.25) is 11.9 Å². The van der Waals surface area contributed by atoms with Gasteiger partial charge < -0.3 is 24.8 Å². The number of aromatic nitrogens is 3. The van der Waals surface area contributed by atoms with Crippen molar-refractivity contribution in [1.82, 2.24) is 19.9 Å². The minimum Gasteiger partial charge on any atom is -0.486 e. The fraction of sp³-hybridized carbons (Fsp3) is 0.393. The van der Waals surface area contributed by atoms with Crippen LogP contribution in [0.15, 0.2) is 48.8 Å². The molecular weight excluding hydrogens is 503 g/mol. The first-order valence-corrected chi connectivity index (χ1v) is 12.9. The van der Waals surface area contributed by atoms with E-state index in [0.717, 1.165) is 31.7 Å². The van der Waals surface area contributed by atoms with Gasteiger partial charge in [0, 0.05) is 37.4 Å². The van der Waals surface area contributed by atoms with Crippen LogP contribution in [0.5, 0.6) is 5.75 Å². The molecular formula is C28H29FN6O4. The van der Waals surface area contributed by atoms with Crippen LogP contribution in [-0.2, 0) is 9.53 Å². The zero-order chi connectivity index (χ0) is 27.2. The lowest BCUT2D eigenvalue weighted by molar-refractivity contribution is -0.138. The molecule has 0 aliphatic carbocycles. The van der Waals surface area contributed by atoms with Gasteiger partial charge in [-0.15, -0.1) is 0 Å². The fourth-order valence-corrected chi connectivity index (χ4v) is 4.86. The van der Waals surface area contributed by atoms with Crippen molar-refractivity contribution in [2.75, 3.05) is 38.2 Å². The van der Waals surface area contributed by atoms with E-state index in [4.69, 9.17) is 14.6 Å². The molecule has 2 fully saturated rings. The average Bonchev–Trinajstić information content (AvgIpc) is 2.99. The van der Waals surface area contributed by atoms with Gasteiger partial charge in [0.25, 0.3) is 0 Å². The number of amides is 1. The van der Waals surface area contributed by atoms with Crippen LogP contribution < -0.4 is 10.1 Å². The first-order valence-electron chi connectivity index (χ1n) is 12.9. The van der Waals surface area contributed by atoms with Crippen molar-refractivity contribution in [2.45, 2.75) is 37.5 Å².